The zero-order chi connectivity index (χ0) is 39.3. The summed E-state index contributed by atoms with van der Waals surface area (Å²) >= 11 is 0. The Hall–Kier alpha value is -5.90. The summed E-state index contributed by atoms with van der Waals surface area (Å²) in [4.78, 5) is 62.8. The third-order valence-electron chi connectivity index (χ3n) is 12.7. The zero-order valence-electron chi connectivity index (χ0n) is 32.3. The van der Waals surface area contributed by atoms with Crippen molar-refractivity contribution in [1.29, 1.82) is 0 Å². The van der Waals surface area contributed by atoms with Crippen molar-refractivity contribution in [1.82, 2.24) is 9.80 Å². The van der Waals surface area contributed by atoms with Gasteiger partial charge in [0, 0.05) is 24.4 Å². The Morgan fingerprint density at radius 3 is 1.36 bits per heavy atom. The van der Waals surface area contributed by atoms with E-state index in [0.29, 0.717) is 42.3 Å². The van der Waals surface area contributed by atoms with Crippen LogP contribution in [0.1, 0.15) is 35.6 Å². The van der Waals surface area contributed by atoms with Crippen LogP contribution in [0.3, 0.4) is 0 Å². The summed E-state index contributed by atoms with van der Waals surface area (Å²) in [5.41, 5.74) is 4.18. The third kappa shape index (κ3) is 5.51. The molecule has 56 heavy (non-hydrogen) atoms. The van der Waals surface area contributed by atoms with Gasteiger partial charge in [-0.25, -0.2) is 0 Å². The van der Waals surface area contributed by atoms with Gasteiger partial charge in [0.15, 0.2) is 23.0 Å². The van der Waals surface area contributed by atoms with Crippen LogP contribution < -0.4 is 18.9 Å². The number of carbonyl (C=O) groups excluding carboxylic acids is 4. The van der Waals surface area contributed by atoms with Crippen LogP contribution in [0.2, 0.25) is 0 Å². The maximum Gasteiger partial charge on any atom is 0.234 e. The number of allylic oxidation sites excluding steroid dienone is 2. The van der Waals surface area contributed by atoms with Gasteiger partial charge in [-0.3, -0.25) is 29.0 Å². The highest BCUT2D eigenvalue weighted by Gasteiger charge is 2.77. The van der Waals surface area contributed by atoms with E-state index in [-0.39, 0.29) is 36.7 Å². The van der Waals surface area contributed by atoms with Crippen molar-refractivity contribution in [2.24, 2.45) is 35.0 Å². The van der Waals surface area contributed by atoms with Crippen molar-refractivity contribution in [3.05, 3.63) is 119 Å². The van der Waals surface area contributed by atoms with Crippen molar-refractivity contribution < 1.29 is 38.1 Å². The molecule has 0 aromatic heterocycles. The Bertz CT molecular complexity index is 2130. The van der Waals surface area contributed by atoms with E-state index in [1.165, 1.54) is 9.80 Å². The number of likely N-dealkylation sites (tertiary alicyclic amines) is 2. The number of hydrogen-bond donors (Lipinski definition) is 0. The average Bonchev–Trinajstić information content (AvgIpc) is 3.66. The topological polar surface area (TPSA) is 112 Å². The second-order valence-electron chi connectivity index (χ2n) is 15.0. The molecule has 2 bridgehead atoms. The van der Waals surface area contributed by atoms with Crippen molar-refractivity contribution in [3.63, 3.8) is 0 Å². The first-order valence-corrected chi connectivity index (χ1v) is 19.2. The van der Waals surface area contributed by atoms with Crippen molar-refractivity contribution in [2.45, 2.75) is 26.2 Å². The number of methoxy groups -OCH3 is 4. The highest BCUT2D eigenvalue weighted by atomic mass is 16.5. The summed E-state index contributed by atoms with van der Waals surface area (Å²) in [5.74, 6) is -2.78. The Kier molecular flexibility index (Phi) is 9.68. The van der Waals surface area contributed by atoms with Gasteiger partial charge in [0.05, 0.1) is 52.1 Å². The SMILES string of the molecule is CCC12C(c3ccccc3)=C(c3ccccc3)C([C@@H]3C(=O)N(CCc4ccc(OC)c(OC)c4)C(=O)[C@H]31)[C@@H]1C(=O)N(CCc3ccc(OC)c(OC)c3)C(=O)[C@@H]12. The Balaban J connectivity index is 1.24. The van der Waals surface area contributed by atoms with E-state index in [9.17, 15) is 9.59 Å². The lowest BCUT2D eigenvalue weighted by Gasteiger charge is -2.59. The molecule has 2 saturated heterocycles. The number of benzene rings is 4. The van der Waals surface area contributed by atoms with Crippen molar-refractivity contribution in [2.75, 3.05) is 41.5 Å². The summed E-state index contributed by atoms with van der Waals surface area (Å²) in [6.07, 6.45) is 1.19. The number of nitrogens with zero attached hydrogens (tertiary/aromatic N) is 2. The van der Waals surface area contributed by atoms with E-state index < -0.39 is 35.0 Å². The van der Waals surface area contributed by atoms with Crippen LogP contribution >= 0.6 is 0 Å². The minimum Gasteiger partial charge on any atom is -0.493 e. The van der Waals surface area contributed by atoms with Crippen molar-refractivity contribution in [3.8, 4) is 23.0 Å². The van der Waals surface area contributed by atoms with Crippen LogP contribution in [0.5, 0.6) is 23.0 Å². The summed E-state index contributed by atoms with van der Waals surface area (Å²) in [6.45, 7) is 2.31. The molecule has 3 aliphatic carbocycles. The molecule has 3 fully saturated rings. The highest BCUT2D eigenvalue weighted by Crippen LogP contribution is 2.73. The van der Waals surface area contributed by atoms with Gasteiger partial charge in [0.25, 0.3) is 0 Å². The van der Waals surface area contributed by atoms with Gasteiger partial charge in [0.1, 0.15) is 0 Å². The average molecular weight is 755 g/mol. The molecule has 288 valence electrons. The first-order valence-electron chi connectivity index (χ1n) is 19.2. The van der Waals surface area contributed by atoms with Gasteiger partial charge in [-0.1, -0.05) is 79.7 Å². The maximum atomic E-state index is 15.1. The largest absolute Gasteiger partial charge is 0.493 e. The molecule has 9 rings (SSSR count). The van der Waals surface area contributed by atoms with E-state index in [1.807, 2.05) is 104 Å². The second-order valence-corrected chi connectivity index (χ2v) is 15.0. The van der Waals surface area contributed by atoms with Gasteiger partial charge in [0.2, 0.25) is 23.6 Å². The summed E-state index contributed by atoms with van der Waals surface area (Å²) in [7, 11) is 6.28. The van der Waals surface area contributed by atoms with Gasteiger partial charge >= 0.3 is 0 Å². The third-order valence-corrected chi connectivity index (χ3v) is 12.7. The summed E-state index contributed by atoms with van der Waals surface area (Å²) < 4.78 is 21.9. The van der Waals surface area contributed by atoms with Gasteiger partial charge in [-0.05, 0) is 76.9 Å². The fraction of sp³-hybridized carbons (Fsp3) is 0.348. The number of imide groups is 2. The molecule has 2 unspecified atom stereocenters. The Morgan fingerprint density at radius 2 is 0.946 bits per heavy atom. The Morgan fingerprint density at radius 1 is 0.518 bits per heavy atom. The molecule has 4 aromatic rings. The van der Waals surface area contributed by atoms with Crippen LogP contribution in [-0.2, 0) is 32.0 Å². The van der Waals surface area contributed by atoms with E-state index in [4.69, 9.17) is 18.9 Å². The van der Waals surface area contributed by atoms with Crippen LogP contribution in [0.15, 0.2) is 97.1 Å². The molecule has 2 aliphatic heterocycles. The Labute approximate surface area is 327 Å². The normalized spacial score (nSPS) is 25.1. The first-order chi connectivity index (χ1) is 27.2. The predicted molar refractivity (Wildman–Crippen MR) is 210 cm³/mol. The van der Waals surface area contributed by atoms with E-state index in [1.54, 1.807) is 28.4 Å². The number of ether oxygens (including phenoxy) is 4. The molecule has 10 heteroatoms. The second kappa shape index (κ2) is 14.6. The quantitative estimate of drug-likeness (QED) is 0.145. The molecule has 0 spiro atoms. The molecule has 4 amide bonds. The van der Waals surface area contributed by atoms with Crippen LogP contribution in [0.4, 0.5) is 0 Å². The van der Waals surface area contributed by atoms with Crippen LogP contribution in [0.25, 0.3) is 11.1 Å². The molecule has 10 nitrogen and oxygen atoms in total. The molecule has 2 heterocycles. The van der Waals surface area contributed by atoms with Gasteiger partial charge in [-0.2, -0.15) is 0 Å². The van der Waals surface area contributed by atoms with E-state index in [0.717, 1.165) is 33.4 Å². The van der Waals surface area contributed by atoms with Crippen LogP contribution in [0, 0.1) is 35.0 Å². The lowest BCUT2D eigenvalue weighted by molar-refractivity contribution is -0.145. The maximum absolute atomic E-state index is 15.1. The monoisotopic (exact) mass is 754 g/mol. The number of carbonyl (C=O) groups is 4. The van der Waals surface area contributed by atoms with Gasteiger partial charge < -0.3 is 18.9 Å². The summed E-state index contributed by atoms with van der Waals surface area (Å²) in [6, 6.07) is 30.9. The molecule has 6 atom stereocenters. The van der Waals surface area contributed by atoms with E-state index >= 15 is 9.59 Å². The number of rotatable bonds is 13. The zero-order valence-corrected chi connectivity index (χ0v) is 32.3. The first kappa shape index (κ1) is 37.0. The fourth-order valence-corrected chi connectivity index (χ4v) is 10.4. The predicted octanol–water partition coefficient (Wildman–Crippen LogP) is 6.36. The highest BCUT2D eigenvalue weighted by molar-refractivity contribution is 6.17. The minimum atomic E-state index is -1.13. The molecule has 4 aromatic carbocycles. The fourth-order valence-electron chi connectivity index (χ4n) is 10.4. The lowest BCUT2D eigenvalue weighted by atomic mass is 9.40. The van der Waals surface area contributed by atoms with Crippen LogP contribution in [-0.4, -0.2) is 75.0 Å². The minimum absolute atomic E-state index is 0.155. The lowest BCUT2D eigenvalue weighted by Crippen LogP contribution is -2.60. The molecular formula is C46H46N2O8. The van der Waals surface area contributed by atoms with Gasteiger partial charge in [-0.15, -0.1) is 0 Å². The standard InChI is InChI=1S/C46H46N2O8/c1-6-46-39(30-15-11-8-12-16-30)35(29-13-9-7-10-14-29)36(37-40(46)44(51)47(42(37)49)23-21-27-17-19-31(53-2)33(25-27)55-4)38-41(46)45(52)48(43(38)50)24-22-28-18-20-32(54-3)34(26-28)56-5/h7-20,25-26,36-38,40-41H,6,21-24H2,1-5H3/t36?,37-,38-,40-,41+,46?/m0/s1. The summed E-state index contributed by atoms with van der Waals surface area (Å²) in [5, 5.41) is 0. The molecule has 0 N–H and O–H groups in total. The molecule has 0 radical (unpaired) electrons. The smallest absolute Gasteiger partial charge is 0.234 e. The number of hydrogen-bond acceptors (Lipinski definition) is 8. The van der Waals surface area contributed by atoms with E-state index in [2.05, 4.69) is 0 Å². The number of amides is 4. The molecule has 5 aliphatic rings. The van der Waals surface area contributed by atoms with Crippen molar-refractivity contribution >= 4 is 34.8 Å². The molecular weight excluding hydrogens is 709 g/mol. The molecule has 1 saturated carbocycles.